The van der Waals surface area contributed by atoms with Crippen LogP contribution in [0.25, 0.3) is 0 Å². The first kappa shape index (κ1) is 43.8. The molecule has 0 saturated carbocycles. The quantitative estimate of drug-likeness (QED) is 0.0683. The van der Waals surface area contributed by atoms with Crippen molar-refractivity contribution in [1.82, 2.24) is 4.98 Å². The Morgan fingerprint density at radius 3 is 1.12 bits per heavy atom. The number of aryl methyl sites for hydroxylation is 1. The summed E-state index contributed by atoms with van der Waals surface area (Å²) in [7, 11) is -9.70. The molecule has 0 atom stereocenters. The largest absolute Gasteiger partial charge is 0.438 e. The van der Waals surface area contributed by atoms with Crippen LogP contribution in [-0.2, 0) is 71.8 Å². The highest BCUT2D eigenvalue weighted by atomic mass is 32.1. The van der Waals surface area contributed by atoms with E-state index in [1.54, 1.807) is 88.5 Å². The van der Waals surface area contributed by atoms with Crippen molar-refractivity contribution >= 4 is 50.4 Å². The van der Waals surface area contributed by atoms with Gasteiger partial charge in [-0.2, -0.15) is 0 Å². The van der Waals surface area contributed by atoms with Crippen molar-refractivity contribution in [3.63, 3.8) is 0 Å². The van der Waals surface area contributed by atoms with Gasteiger partial charge in [0.2, 0.25) is 27.2 Å². The van der Waals surface area contributed by atoms with Gasteiger partial charge in [0.15, 0.2) is 5.40 Å². The summed E-state index contributed by atoms with van der Waals surface area (Å²) in [6, 6.07) is 0. The Hall–Kier alpha value is -2.19. The molecule has 0 amide bonds. The fraction of sp³-hybridized carbons (Fsp3) is 0.767. The summed E-state index contributed by atoms with van der Waals surface area (Å²) >= 11 is 1.25. The third kappa shape index (κ3) is 14.7. The molecular weight excluding hydrogens is 692 g/mol. The van der Waals surface area contributed by atoms with Crippen LogP contribution in [0.2, 0.25) is 0 Å². The predicted molar refractivity (Wildman–Crippen MR) is 175 cm³/mol. The maximum Gasteiger partial charge on any atom is 0.351 e. The number of carbonyl (C=O) groups excluding carboxylic acids is 4. The lowest BCUT2D eigenvalue weighted by Gasteiger charge is -2.32. The molecule has 48 heavy (non-hydrogen) atoms. The van der Waals surface area contributed by atoms with E-state index in [-0.39, 0.29) is 12.8 Å². The van der Waals surface area contributed by atoms with E-state index in [9.17, 15) is 28.3 Å². The van der Waals surface area contributed by atoms with E-state index < -0.39 is 93.3 Å². The highest BCUT2D eigenvalue weighted by Crippen LogP contribution is 2.71. The molecule has 0 unspecified atom stereocenters. The van der Waals surface area contributed by atoms with Gasteiger partial charge in [-0.1, -0.05) is 0 Å². The van der Waals surface area contributed by atoms with E-state index in [0.717, 1.165) is 0 Å². The lowest BCUT2D eigenvalue weighted by molar-refractivity contribution is -0.163. The molecule has 0 aromatic carbocycles. The van der Waals surface area contributed by atoms with E-state index in [1.807, 2.05) is 0 Å². The molecule has 0 spiro atoms. The maximum atomic E-state index is 14.7. The van der Waals surface area contributed by atoms with Crippen molar-refractivity contribution in [3.8, 4) is 0 Å². The van der Waals surface area contributed by atoms with Crippen LogP contribution in [0, 0.1) is 21.7 Å². The number of hydrogen-bond acceptors (Lipinski definition) is 16. The van der Waals surface area contributed by atoms with E-state index in [2.05, 4.69) is 4.98 Å². The first-order valence-corrected chi connectivity index (χ1v) is 19.2. The molecule has 18 heteroatoms. The number of esters is 4. The standard InChI is InChI=1S/C30H51NO14P2S/c1-27(2,3)23(32)38-17-42-46(36,43-18-39-24(33)28(4,5)6)22(14-13-21-31-15-16-48-21)47(37,44-19-40-25(34)29(7,8)9)45-20-41-26(35)30(10,11)12/h15-16,22H,13-14,17-20H2,1-12H3. The van der Waals surface area contributed by atoms with Crippen LogP contribution >= 0.6 is 26.5 Å². The number of hydrogen-bond donors (Lipinski definition) is 0. The van der Waals surface area contributed by atoms with Crippen LogP contribution in [0.5, 0.6) is 0 Å². The van der Waals surface area contributed by atoms with Crippen molar-refractivity contribution in [1.29, 1.82) is 0 Å². The highest BCUT2D eigenvalue weighted by Gasteiger charge is 2.52. The summed E-state index contributed by atoms with van der Waals surface area (Å²) in [5.41, 5.74) is -3.85. The second-order valence-electron chi connectivity index (χ2n) is 14.7. The van der Waals surface area contributed by atoms with Crippen LogP contribution in [-0.4, -0.2) is 61.4 Å². The van der Waals surface area contributed by atoms with Crippen LogP contribution in [0.1, 0.15) is 94.5 Å². The van der Waals surface area contributed by atoms with Crippen LogP contribution in [0.15, 0.2) is 11.6 Å². The van der Waals surface area contributed by atoms with E-state index in [4.69, 9.17) is 37.0 Å². The third-order valence-corrected chi connectivity index (χ3v) is 12.3. The molecule has 1 aromatic heterocycles. The predicted octanol–water partition coefficient (Wildman–Crippen LogP) is 7.04. The van der Waals surface area contributed by atoms with Gasteiger partial charge in [-0.15, -0.1) is 11.3 Å². The van der Waals surface area contributed by atoms with Gasteiger partial charge in [0.1, 0.15) is 0 Å². The first-order valence-electron chi connectivity index (χ1n) is 15.1. The Balaban J connectivity index is 3.63. The second kappa shape index (κ2) is 17.6. The minimum Gasteiger partial charge on any atom is -0.438 e. The summed E-state index contributed by atoms with van der Waals surface area (Å²) in [6.45, 7) is 15.3. The molecule has 0 radical (unpaired) electrons. The average molecular weight is 744 g/mol. The minimum absolute atomic E-state index is 0.0445. The molecule has 15 nitrogen and oxygen atoms in total. The lowest BCUT2D eigenvalue weighted by Crippen LogP contribution is -2.28. The second-order valence-corrected chi connectivity index (χ2v) is 20.6. The monoisotopic (exact) mass is 743 g/mol. The number of nitrogens with zero attached hydrogens (tertiary/aromatic N) is 1. The zero-order chi connectivity index (χ0) is 37.2. The van der Waals surface area contributed by atoms with Crippen molar-refractivity contribution in [2.75, 3.05) is 27.2 Å². The van der Waals surface area contributed by atoms with Gasteiger partial charge in [-0.3, -0.25) is 46.4 Å². The zero-order valence-corrected chi connectivity index (χ0v) is 32.5. The van der Waals surface area contributed by atoms with Crippen molar-refractivity contribution < 1.29 is 65.4 Å². The Kier molecular flexibility index (Phi) is 16.1. The van der Waals surface area contributed by atoms with Gasteiger partial charge in [0.05, 0.1) is 26.7 Å². The maximum absolute atomic E-state index is 14.7. The fourth-order valence-electron chi connectivity index (χ4n) is 3.02. The van der Waals surface area contributed by atoms with Gasteiger partial charge in [-0.05, 0) is 89.5 Å². The Bertz CT molecular complexity index is 1170. The number of ether oxygens (including phenoxy) is 4. The van der Waals surface area contributed by atoms with Crippen LogP contribution in [0.3, 0.4) is 0 Å². The number of carbonyl (C=O) groups is 4. The SMILES string of the molecule is CC(C)(C)C(=O)OCOP(=O)(OCOC(=O)C(C)(C)C)C(CCc1nccs1)P(=O)(OCOC(=O)C(C)(C)C)OCOC(=O)C(C)(C)C. The number of aromatic nitrogens is 1. The van der Waals surface area contributed by atoms with Crippen LogP contribution < -0.4 is 0 Å². The zero-order valence-electron chi connectivity index (χ0n) is 29.9. The van der Waals surface area contributed by atoms with Crippen molar-refractivity contribution in [2.45, 2.75) is 101 Å². The smallest absolute Gasteiger partial charge is 0.351 e. The summed E-state index contributed by atoms with van der Waals surface area (Å²) in [5, 5.41) is 0.395. The average Bonchev–Trinajstić information content (AvgIpc) is 3.44. The molecule has 0 saturated heterocycles. The molecule has 276 valence electrons. The van der Waals surface area contributed by atoms with E-state index in [0.29, 0.717) is 5.01 Å². The molecule has 0 bridgehead atoms. The summed E-state index contributed by atoms with van der Waals surface area (Å²) in [6.07, 6.45) is 1.27. The van der Waals surface area contributed by atoms with Gasteiger partial charge in [0.25, 0.3) is 0 Å². The highest BCUT2D eigenvalue weighted by molar-refractivity contribution is 7.72. The summed E-state index contributed by atoms with van der Waals surface area (Å²) < 4.78 is 72.2. The van der Waals surface area contributed by atoms with E-state index >= 15 is 0 Å². The molecule has 0 aliphatic carbocycles. The molecule has 1 aromatic rings. The molecule has 1 heterocycles. The van der Waals surface area contributed by atoms with Crippen LogP contribution in [0.4, 0.5) is 0 Å². The normalized spacial score (nSPS) is 13.3. The number of rotatable bonds is 17. The Morgan fingerprint density at radius 2 is 0.896 bits per heavy atom. The van der Waals surface area contributed by atoms with E-state index in [1.165, 1.54) is 17.5 Å². The van der Waals surface area contributed by atoms with Gasteiger partial charge < -0.3 is 18.9 Å². The van der Waals surface area contributed by atoms with Crippen molar-refractivity contribution in [3.05, 3.63) is 16.6 Å². The molecule has 1 rings (SSSR count). The molecule has 0 N–H and O–H groups in total. The topological polar surface area (TPSA) is 189 Å². The third-order valence-electron chi connectivity index (χ3n) is 5.97. The molecule has 0 fully saturated rings. The first-order chi connectivity index (χ1) is 21.7. The molecule has 0 aliphatic rings. The molecule has 0 aliphatic heterocycles. The summed E-state index contributed by atoms with van der Waals surface area (Å²) in [4.78, 5) is 54.1. The van der Waals surface area contributed by atoms with Gasteiger partial charge >= 0.3 is 39.1 Å². The minimum atomic E-state index is -4.85. The lowest BCUT2D eigenvalue weighted by atomic mass is 9.98. The summed E-state index contributed by atoms with van der Waals surface area (Å²) in [5.74, 6) is -2.87. The Morgan fingerprint density at radius 1 is 0.604 bits per heavy atom. The van der Waals surface area contributed by atoms with Gasteiger partial charge in [0, 0.05) is 18.0 Å². The molecular formula is C30H51NO14P2S. The van der Waals surface area contributed by atoms with Crippen molar-refractivity contribution in [2.24, 2.45) is 21.7 Å². The Labute approximate surface area is 287 Å². The number of thiazole rings is 1. The van der Waals surface area contributed by atoms with Gasteiger partial charge in [-0.25, -0.2) is 4.98 Å². The fourth-order valence-corrected chi connectivity index (χ4v) is 8.36.